The third-order valence-electron chi connectivity index (χ3n) is 6.31. The largest absolute Gasteiger partial charge is 0.348 e. The van der Waals surface area contributed by atoms with Crippen molar-refractivity contribution >= 4 is 29.1 Å². The molecule has 3 amide bonds. The van der Waals surface area contributed by atoms with Crippen LogP contribution >= 0.6 is 11.3 Å². The lowest BCUT2D eigenvalue weighted by Gasteiger charge is -2.25. The maximum absolute atomic E-state index is 13.3. The third-order valence-corrected chi connectivity index (χ3v) is 7.25. The molecule has 6 nitrogen and oxygen atoms in total. The Bertz CT molecular complexity index is 1150. The fourth-order valence-corrected chi connectivity index (χ4v) is 5.16. The normalized spacial score (nSPS) is 18.3. The first-order valence-electron chi connectivity index (χ1n) is 10.8. The lowest BCUT2D eigenvalue weighted by atomic mass is 9.87. The highest BCUT2D eigenvalue weighted by Gasteiger charge is 2.51. The average Bonchev–Trinajstić information content (AvgIpc) is 3.47. The molecular weight excluding hydrogens is 422 g/mol. The van der Waals surface area contributed by atoms with Crippen LogP contribution in [0.25, 0.3) is 0 Å². The summed E-state index contributed by atoms with van der Waals surface area (Å²) in [4.78, 5) is 41.5. The third kappa shape index (κ3) is 3.77. The van der Waals surface area contributed by atoms with E-state index < -0.39 is 11.6 Å². The average molecular weight is 450 g/mol. The molecule has 0 radical (unpaired) electrons. The van der Waals surface area contributed by atoms with Crippen molar-refractivity contribution < 1.29 is 14.4 Å². The van der Waals surface area contributed by atoms with Crippen LogP contribution in [0, 0.1) is 13.8 Å². The Morgan fingerprint density at radius 3 is 2.50 bits per heavy atom. The van der Waals surface area contributed by atoms with Crippen LogP contribution in [0.3, 0.4) is 0 Å². The second-order valence-electron chi connectivity index (χ2n) is 8.14. The fraction of sp³-hybridized carbons (Fsp3) is 0.320. The van der Waals surface area contributed by atoms with Crippen molar-refractivity contribution in [3.05, 3.63) is 81.3 Å². The number of hydrogen-bond donors (Lipinski definition) is 1. The van der Waals surface area contributed by atoms with Gasteiger partial charge in [0, 0.05) is 28.4 Å². The number of urea groups is 1. The van der Waals surface area contributed by atoms with E-state index in [1.54, 1.807) is 11.3 Å². The lowest BCUT2D eigenvalue weighted by molar-refractivity contribution is -0.131. The number of aromatic nitrogens is 1. The summed E-state index contributed by atoms with van der Waals surface area (Å²) in [6, 6.07) is 14.7. The Morgan fingerprint density at radius 1 is 1.09 bits per heavy atom. The van der Waals surface area contributed by atoms with Gasteiger partial charge in [-0.15, -0.1) is 11.3 Å². The summed E-state index contributed by atoms with van der Waals surface area (Å²) < 4.78 is 2.12. The second-order valence-corrected chi connectivity index (χ2v) is 9.17. The van der Waals surface area contributed by atoms with Gasteiger partial charge in [-0.25, -0.2) is 4.79 Å². The Hall–Kier alpha value is -3.19. The Balaban J connectivity index is 1.53. The molecule has 2 aromatic heterocycles. The number of carbonyl (C=O) groups excluding carboxylic acids is 3. The van der Waals surface area contributed by atoms with Crippen LogP contribution in [0.4, 0.5) is 4.79 Å². The number of amides is 3. The molecule has 0 spiro atoms. The molecule has 1 aliphatic rings. The van der Waals surface area contributed by atoms with E-state index in [2.05, 4.69) is 21.3 Å². The van der Waals surface area contributed by atoms with Crippen LogP contribution < -0.4 is 5.32 Å². The highest BCUT2D eigenvalue weighted by atomic mass is 32.1. The molecule has 32 heavy (non-hydrogen) atoms. The molecule has 0 saturated carbocycles. The summed E-state index contributed by atoms with van der Waals surface area (Å²) in [5, 5.41) is 4.90. The molecule has 1 aliphatic heterocycles. The minimum absolute atomic E-state index is 0.232. The van der Waals surface area contributed by atoms with Crippen molar-refractivity contribution in [2.24, 2.45) is 0 Å². The summed E-state index contributed by atoms with van der Waals surface area (Å²) in [7, 11) is 0. The van der Waals surface area contributed by atoms with E-state index in [0.717, 1.165) is 34.8 Å². The number of imide groups is 1. The molecule has 0 aliphatic carbocycles. The van der Waals surface area contributed by atoms with Gasteiger partial charge >= 0.3 is 6.03 Å². The number of ketones is 1. The first-order chi connectivity index (χ1) is 15.4. The van der Waals surface area contributed by atoms with Gasteiger partial charge in [-0.3, -0.25) is 14.5 Å². The number of Topliss-reactive ketones (excluding diaryl/α,β-unsaturated/α-hetero) is 1. The van der Waals surface area contributed by atoms with E-state index in [9.17, 15) is 14.4 Å². The number of rotatable bonds is 8. The number of thiophene rings is 1. The van der Waals surface area contributed by atoms with Crippen molar-refractivity contribution in [1.82, 2.24) is 14.8 Å². The van der Waals surface area contributed by atoms with E-state index in [1.165, 1.54) is 4.88 Å². The molecular formula is C25H27N3O3S. The molecule has 1 unspecified atom stereocenters. The fourth-order valence-electron chi connectivity index (χ4n) is 4.46. The molecule has 0 bridgehead atoms. The van der Waals surface area contributed by atoms with Crippen molar-refractivity contribution in [2.75, 3.05) is 6.54 Å². The van der Waals surface area contributed by atoms with Crippen molar-refractivity contribution in [1.29, 1.82) is 0 Å². The highest BCUT2D eigenvalue weighted by Crippen LogP contribution is 2.32. The smallest absolute Gasteiger partial charge is 0.325 e. The number of carbonyl (C=O) groups is 3. The maximum atomic E-state index is 13.3. The Morgan fingerprint density at radius 2 is 1.84 bits per heavy atom. The van der Waals surface area contributed by atoms with E-state index in [4.69, 9.17) is 0 Å². The van der Waals surface area contributed by atoms with Gasteiger partial charge in [0.15, 0.2) is 5.78 Å². The van der Waals surface area contributed by atoms with Gasteiger partial charge in [0.05, 0.1) is 6.54 Å². The number of nitrogens with one attached hydrogen (secondary N) is 1. The zero-order chi connectivity index (χ0) is 22.9. The SMILES string of the molecule is CCC1(c2ccccc2)NC(=O)N(CC(=O)c2cc(C)n(CCc3cccs3)c2C)C1=O. The van der Waals surface area contributed by atoms with Gasteiger partial charge in [-0.2, -0.15) is 0 Å². The number of hydrogen-bond acceptors (Lipinski definition) is 4. The van der Waals surface area contributed by atoms with Gasteiger partial charge in [0.2, 0.25) is 0 Å². The predicted molar refractivity (Wildman–Crippen MR) is 125 cm³/mol. The van der Waals surface area contributed by atoms with E-state index in [1.807, 2.05) is 63.2 Å². The minimum atomic E-state index is -1.13. The van der Waals surface area contributed by atoms with Crippen molar-refractivity contribution in [3.63, 3.8) is 0 Å². The van der Waals surface area contributed by atoms with E-state index in [-0.39, 0.29) is 18.2 Å². The van der Waals surface area contributed by atoms with Gasteiger partial charge in [-0.05, 0) is 49.8 Å². The summed E-state index contributed by atoms with van der Waals surface area (Å²) in [5.41, 5.74) is 2.01. The molecule has 1 aromatic carbocycles. The van der Waals surface area contributed by atoms with E-state index >= 15 is 0 Å². The van der Waals surface area contributed by atoms with Crippen LogP contribution in [-0.2, 0) is 23.3 Å². The molecule has 1 saturated heterocycles. The number of aryl methyl sites for hydroxylation is 2. The van der Waals surface area contributed by atoms with Crippen molar-refractivity contribution in [3.8, 4) is 0 Å². The number of nitrogens with zero attached hydrogens (tertiary/aromatic N) is 2. The molecule has 3 heterocycles. The van der Waals surface area contributed by atoms with Crippen LogP contribution in [0.1, 0.15) is 45.5 Å². The summed E-state index contributed by atoms with van der Waals surface area (Å²) >= 11 is 1.72. The Labute approximate surface area is 191 Å². The van der Waals surface area contributed by atoms with Crippen LogP contribution in [-0.4, -0.2) is 33.7 Å². The molecule has 1 atom stereocenters. The van der Waals surface area contributed by atoms with Gasteiger partial charge in [0.25, 0.3) is 5.91 Å². The molecule has 4 rings (SSSR count). The van der Waals surface area contributed by atoms with Gasteiger partial charge in [-0.1, -0.05) is 43.3 Å². The lowest BCUT2D eigenvalue weighted by Crippen LogP contribution is -2.43. The zero-order valence-electron chi connectivity index (χ0n) is 18.6. The molecule has 1 N–H and O–H groups in total. The van der Waals surface area contributed by atoms with E-state index in [0.29, 0.717) is 12.0 Å². The highest BCUT2D eigenvalue weighted by molar-refractivity contribution is 7.09. The monoisotopic (exact) mass is 449 g/mol. The van der Waals surface area contributed by atoms with Crippen molar-refractivity contribution in [2.45, 2.75) is 45.7 Å². The van der Waals surface area contributed by atoms with Crippen LogP contribution in [0.2, 0.25) is 0 Å². The summed E-state index contributed by atoms with van der Waals surface area (Å²) in [6.07, 6.45) is 1.30. The molecule has 7 heteroatoms. The van der Waals surface area contributed by atoms with Gasteiger partial charge in [0.1, 0.15) is 5.54 Å². The first-order valence-corrected chi connectivity index (χ1v) is 11.7. The van der Waals surface area contributed by atoms with Crippen LogP contribution in [0.5, 0.6) is 0 Å². The number of benzene rings is 1. The van der Waals surface area contributed by atoms with Crippen LogP contribution in [0.15, 0.2) is 53.9 Å². The van der Waals surface area contributed by atoms with Gasteiger partial charge < -0.3 is 9.88 Å². The predicted octanol–water partition coefficient (Wildman–Crippen LogP) is 4.45. The minimum Gasteiger partial charge on any atom is -0.348 e. The maximum Gasteiger partial charge on any atom is 0.325 e. The standard InChI is InChI=1S/C25H27N3O3S/c1-4-25(19-9-6-5-7-10-19)23(30)28(24(31)26-25)16-22(29)21-15-17(2)27(18(21)3)13-12-20-11-8-14-32-20/h5-11,14-15H,4,12-13,16H2,1-3H3,(H,26,31). The first kappa shape index (κ1) is 22.0. The Kier molecular flexibility index (Phi) is 6.02. The molecule has 166 valence electrons. The molecule has 1 fully saturated rings. The summed E-state index contributed by atoms with van der Waals surface area (Å²) in [5.74, 6) is -0.611. The zero-order valence-corrected chi connectivity index (χ0v) is 19.4. The molecule has 3 aromatic rings. The second kappa shape index (κ2) is 8.74. The quantitative estimate of drug-likeness (QED) is 0.408. The summed E-state index contributed by atoms with van der Waals surface area (Å²) in [6.45, 7) is 6.26. The topological polar surface area (TPSA) is 71.4 Å².